The first-order chi connectivity index (χ1) is 8.25. The third-order valence-corrected chi connectivity index (χ3v) is 2.77. The molecule has 2 atom stereocenters. The first-order valence-electron chi connectivity index (χ1n) is 6.10. The Kier molecular flexibility index (Phi) is 6.90. The van der Waals surface area contributed by atoms with Crippen LogP contribution in [0, 0.1) is 23.7 Å². The molecule has 0 fully saturated rings. The predicted octanol–water partition coefficient (Wildman–Crippen LogP) is 1.98. The van der Waals surface area contributed by atoms with Gasteiger partial charge in [-0.05, 0) is 14.1 Å². The summed E-state index contributed by atoms with van der Waals surface area (Å²) in [6, 6.07) is -0.236. The molecule has 18 heavy (non-hydrogen) atoms. The number of hydrogen-bond donors (Lipinski definition) is 0. The van der Waals surface area contributed by atoms with E-state index >= 15 is 0 Å². The van der Waals surface area contributed by atoms with Crippen molar-refractivity contribution in [3.63, 3.8) is 0 Å². The summed E-state index contributed by atoms with van der Waals surface area (Å²) in [7, 11) is 3.79. The van der Waals surface area contributed by atoms with Gasteiger partial charge < -0.3 is 4.74 Å². The van der Waals surface area contributed by atoms with Gasteiger partial charge >= 0.3 is 0 Å². The van der Waals surface area contributed by atoms with E-state index in [9.17, 15) is 4.79 Å². The predicted molar refractivity (Wildman–Crippen MR) is 75.3 cm³/mol. The summed E-state index contributed by atoms with van der Waals surface area (Å²) in [5, 5.41) is 0. The molecule has 0 radical (unpaired) electrons. The molecule has 0 saturated carbocycles. The molecule has 0 aliphatic carbocycles. The van der Waals surface area contributed by atoms with E-state index in [1.807, 2.05) is 39.8 Å². The van der Waals surface area contributed by atoms with Crippen molar-refractivity contribution in [2.24, 2.45) is 11.3 Å². The Morgan fingerprint density at radius 1 is 1.50 bits per heavy atom. The summed E-state index contributed by atoms with van der Waals surface area (Å²) in [6.07, 6.45) is 6.91. The second kappa shape index (κ2) is 7.35. The molecule has 0 saturated heterocycles. The normalized spacial score (nSPS) is 14.9. The molecule has 0 rings (SSSR count). The molecule has 0 aromatic heterocycles. The van der Waals surface area contributed by atoms with Gasteiger partial charge in [-0.2, -0.15) is 0 Å². The van der Waals surface area contributed by atoms with Crippen LogP contribution in [0.2, 0.25) is 0 Å². The van der Waals surface area contributed by atoms with Crippen LogP contribution in [0.25, 0.3) is 0 Å². The maximum Gasteiger partial charge on any atom is 0.155 e. The smallest absolute Gasteiger partial charge is 0.155 e. The molecule has 0 aromatic carbocycles. The molecule has 102 valence electrons. The molecule has 0 spiro atoms. The Morgan fingerprint density at radius 2 is 2.06 bits per heavy atom. The minimum atomic E-state index is -0.387. The number of terminal acetylenes is 1. The van der Waals surface area contributed by atoms with Gasteiger partial charge in [-0.15, -0.1) is 13.0 Å². The van der Waals surface area contributed by atoms with E-state index in [0.717, 1.165) is 0 Å². The quantitative estimate of drug-likeness (QED) is 0.394. The van der Waals surface area contributed by atoms with Crippen molar-refractivity contribution in [3.8, 4) is 12.3 Å². The summed E-state index contributed by atoms with van der Waals surface area (Å²) >= 11 is 0. The third kappa shape index (κ3) is 5.03. The van der Waals surface area contributed by atoms with Gasteiger partial charge in [-0.3, -0.25) is 9.69 Å². The van der Waals surface area contributed by atoms with Crippen molar-refractivity contribution < 1.29 is 9.53 Å². The second-order valence-electron chi connectivity index (χ2n) is 5.64. The highest BCUT2D eigenvalue weighted by atomic mass is 16.5. The maximum atomic E-state index is 12.5. The Hall–Kier alpha value is -1.11. The molecule has 3 heteroatoms. The zero-order chi connectivity index (χ0) is 14.3. The number of hydrogen-bond acceptors (Lipinski definition) is 3. The summed E-state index contributed by atoms with van der Waals surface area (Å²) in [5.41, 5.74) is -0.387. The molecular formula is C15H25NO2. The van der Waals surface area contributed by atoms with Gasteiger partial charge in [-0.1, -0.05) is 32.8 Å². The number of rotatable bonds is 7. The average molecular weight is 251 g/mol. The van der Waals surface area contributed by atoms with Gasteiger partial charge in [0.1, 0.15) is 6.61 Å². The summed E-state index contributed by atoms with van der Waals surface area (Å²) < 4.78 is 5.34. The van der Waals surface area contributed by atoms with Gasteiger partial charge in [-0.25, -0.2) is 0 Å². The Balaban J connectivity index is 4.91. The van der Waals surface area contributed by atoms with Crippen molar-refractivity contribution >= 4 is 5.78 Å². The summed E-state index contributed by atoms with van der Waals surface area (Å²) in [6.45, 7) is 10.2. The lowest BCUT2D eigenvalue weighted by molar-refractivity contribution is -0.133. The third-order valence-electron chi connectivity index (χ3n) is 2.77. The van der Waals surface area contributed by atoms with E-state index in [-0.39, 0.29) is 29.8 Å². The van der Waals surface area contributed by atoms with Crippen LogP contribution in [-0.2, 0) is 9.53 Å². The van der Waals surface area contributed by atoms with Crippen molar-refractivity contribution in [1.82, 2.24) is 4.90 Å². The summed E-state index contributed by atoms with van der Waals surface area (Å²) in [4.78, 5) is 14.4. The van der Waals surface area contributed by atoms with E-state index in [2.05, 4.69) is 12.5 Å². The fraction of sp³-hybridized carbons (Fsp3) is 0.667. The topological polar surface area (TPSA) is 29.5 Å². The number of nitrogens with zero attached hydrogens (tertiary/aromatic N) is 1. The van der Waals surface area contributed by atoms with Crippen LogP contribution in [0.4, 0.5) is 0 Å². The minimum absolute atomic E-state index is 0.0555. The number of ketones is 1. The number of carbonyl (C=O) groups is 1. The molecule has 0 aliphatic heterocycles. The van der Waals surface area contributed by atoms with Gasteiger partial charge in [0.15, 0.2) is 5.78 Å². The molecule has 0 heterocycles. The van der Waals surface area contributed by atoms with E-state index in [0.29, 0.717) is 6.61 Å². The average Bonchev–Trinajstić information content (AvgIpc) is 2.25. The van der Waals surface area contributed by atoms with Crippen LogP contribution in [-0.4, -0.2) is 44.0 Å². The fourth-order valence-corrected chi connectivity index (χ4v) is 1.80. The molecule has 0 N–H and O–H groups in total. The van der Waals surface area contributed by atoms with E-state index in [1.165, 1.54) is 0 Å². The highest BCUT2D eigenvalue weighted by molar-refractivity contribution is 5.89. The summed E-state index contributed by atoms with van der Waals surface area (Å²) in [5.74, 6) is 2.55. The van der Waals surface area contributed by atoms with E-state index in [1.54, 1.807) is 6.08 Å². The minimum Gasteiger partial charge on any atom is -0.368 e. The molecule has 0 aromatic rings. The van der Waals surface area contributed by atoms with Crippen molar-refractivity contribution in [1.29, 1.82) is 0 Å². The maximum absolute atomic E-state index is 12.5. The second-order valence-corrected chi connectivity index (χ2v) is 5.64. The van der Waals surface area contributed by atoms with Crippen LogP contribution in [0.15, 0.2) is 12.7 Å². The largest absolute Gasteiger partial charge is 0.368 e. The lowest BCUT2D eigenvalue weighted by Gasteiger charge is -2.33. The van der Waals surface area contributed by atoms with Gasteiger partial charge in [0.2, 0.25) is 0 Å². The number of ether oxygens (including phenoxy) is 1. The van der Waals surface area contributed by atoms with Crippen LogP contribution in [0.1, 0.15) is 20.8 Å². The monoisotopic (exact) mass is 251 g/mol. The van der Waals surface area contributed by atoms with Crippen LogP contribution >= 0.6 is 0 Å². The number of carbonyl (C=O) groups excluding carboxylic acids is 1. The lowest BCUT2D eigenvalue weighted by atomic mass is 9.81. The Bertz CT molecular complexity index is 320. The van der Waals surface area contributed by atoms with Crippen molar-refractivity contribution in [2.45, 2.75) is 26.8 Å². The Labute approximate surface area is 111 Å². The van der Waals surface area contributed by atoms with Gasteiger partial charge in [0, 0.05) is 11.3 Å². The molecule has 2 unspecified atom stereocenters. The van der Waals surface area contributed by atoms with Crippen LogP contribution in [0.5, 0.6) is 0 Å². The van der Waals surface area contributed by atoms with Gasteiger partial charge in [0.05, 0.1) is 12.6 Å². The van der Waals surface area contributed by atoms with Crippen molar-refractivity contribution in [2.75, 3.05) is 27.3 Å². The molecular weight excluding hydrogens is 226 g/mol. The highest BCUT2D eigenvalue weighted by Crippen LogP contribution is 2.24. The van der Waals surface area contributed by atoms with E-state index < -0.39 is 0 Å². The first kappa shape index (κ1) is 16.9. The Morgan fingerprint density at radius 3 is 2.39 bits per heavy atom. The molecule has 0 bridgehead atoms. The SMILES string of the molecule is C#CCOCC(C=C)C(C(=O)C(C)(C)C)N(C)C. The lowest BCUT2D eigenvalue weighted by Crippen LogP contribution is -2.47. The molecule has 3 nitrogen and oxygen atoms in total. The fourth-order valence-electron chi connectivity index (χ4n) is 1.80. The number of likely N-dealkylation sites (N-methyl/N-ethyl adjacent to an activating group) is 1. The zero-order valence-corrected chi connectivity index (χ0v) is 12.2. The first-order valence-corrected chi connectivity index (χ1v) is 6.10. The highest BCUT2D eigenvalue weighted by Gasteiger charge is 2.35. The van der Waals surface area contributed by atoms with Crippen LogP contribution < -0.4 is 0 Å². The van der Waals surface area contributed by atoms with Crippen LogP contribution in [0.3, 0.4) is 0 Å². The standard InChI is InChI=1S/C15H25NO2/c1-8-10-18-11-12(9-2)13(16(6)7)14(17)15(3,4)5/h1,9,12-13H,2,10-11H2,3-7H3. The van der Waals surface area contributed by atoms with E-state index in [4.69, 9.17) is 11.2 Å². The molecule has 0 aliphatic rings. The number of Topliss-reactive ketones (excluding diaryl/α,β-unsaturated/α-hetero) is 1. The van der Waals surface area contributed by atoms with Crippen molar-refractivity contribution in [3.05, 3.63) is 12.7 Å². The molecule has 0 amide bonds. The van der Waals surface area contributed by atoms with Gasteiger partial charge in [0.25, 0.3) is 0 Å². The zero-order valence-electron chi connectivity index (χ0n) is 12.2.